The molecule has 16 heteroatoms. The topological polar surface area (TPSA) is 104 Å². The Morgan fingerprint density at radius 2 is 1.56 bits per heavy atom. The number of allylic oxidation sites excluding steroid dienone is 2. The number of rotatable bonds is 4. The van der Waals surface area contributed by atoms with Crippen LogP contribution in [0.4, 0.5) is 27.6 Å². The summed E-state index contributed by atoms with van der Waals surface area (Å²) >= 11 is 17.3. The van der Waals surface area contributed by atoms with E-state index in [9.17, 15) is 37.5 Å². The third-order valence-corrected chi connectivity index (χ3v) is 11.3. The summed E-state index contributed by atoms with van der Waals surface area (Å²) in [6, 6.07) is 2.58. The molecule has 2 aliphatic carbocycles. The van der Waals surface area contributed by atoms with Gasteiger partial charge in [0.25, 0.3) is 11.8 Å². The van der Waals surface area contributed by atoms with E-state index >= 15 is 8.78 Å². The van der Waals surface area contributed by atoms with E-state index in [1.54, 1.807) is 13.0 Å². The predicted octanol–water partition coefficient (Wildman–Crippen LogP) is 5.44. The summed E-state index contributed by atoms with van der Waals surface area (Å²) in [7, 11) is 1.22. The number of nitrogens with zero attached hydrogens (tertiary/aromatic N) is 2. The first-order chi connectivity index (χ1) is 21.1. The number of phenolic OH excluding ortho intramolecular Hbond substituents is 1. The lowest BCUT2D eigenvalue weighted by Gasteiger charge is -2.50. The molecule has 4 aliphatic rings. The maximum Gasteiger partial charge on any atom is 0.258 e. The molecule has 2 heterocycles. The first-order valence-corrected chi connectivity index (χ1v) is 15.0. The fraction of sp³-hybridized carbons (Fsp3) is 0.379. The van der Waals surface area contributed by atoms with Gasteiger partial charge in [-0.2, -0.15) is 0 Å². The second-order valence-electron chi connectivity index (χ2n) is 11.2. The molecule has 6 unspecified atom stereocenters. The second kappa shape index (κ2) is 10.4. The third kappa shape index (κ3) is 3.87. The fourth-order valence-electron chi connectivity index (χ4n) is 7.23. The van der Waals surface area contributed by atoms with Crippen LogP contribution in [0.2, 0.25) is 0 Å². The van der Waals surface area contributed by atoms with Gasteiger partial charge in [0.05, 0.1) is 23.4 Å². The number of hydrogen-bond donors (Lipinski definition) is 1. The van der Waals surface area contributed by atoms with Crippen molar-refractivity contribution >= 4 is 68.4 Å². The molecule has 4 amide bonds. The van der Waals surface area contributed by atoms with Crippen molar-refractivity contribution in [3.63, 3.8) is 0 Å². The number of aromatic hydroxyl groups is 1. The molecule has 0 bridgehead atoms. The van der Waals surface area contributed by atoms with Gasteiger partial charge in [-0.25, -0.2) is 26.9 Å². The van der Waals surface area contributed by atoms with Crippen LogP contribution in [0.5, 0.6) is 11.5 Å². The standard InChI is InChI=1S/C29H20BrCl2F5N2O6/c1-3-38-24(41)11-5-4-10-12(15(11)25(38)42)8-28(31)26(43)39(22-20(36)18(34)17(33)19(35)21(22)37)27(44)29(28,32)16(10)9-6-13(30)23(40)14(7-9)45-2/h4,6-7,11-12,15-16,40H,3,5,8H2,1-2H3. The van der Waals surface area contributed by atoms with Crippen LogP contribution in [-0.4, -0.2) is 57.0 Å². The molecule has 2 aromatic carbocycles. The minimum atomic E-state index is -2.68. The summed E-state index contributed by atoms with van der Waals surface area (Å²) in [6.45, 7) is 1.65. The Morgan fingerprint density at radius 1 is 0.956 bits per heavy atom. The second-order valence-corrected chi connectivity index (χ2v) is 13.3. The Morgan fingerprint density at radius 3 is 2.13 bits per heavy atom. The Bertz CT molecular complexity index is 1760. The van der Waals surface area contributed by atoms with Gasteiger partial charge in [0, 0.05) is 12.5 Å². The van der Waals surface area contributed by atoms with E-state index in [-0.39, 0.29) is 45.0 Å². The summed E-state index contributed by atoms with van der Waals surface area (Å²) in [5.74, 6) is -21.4. The zero-order valence-corrected chi connectivity index (χ0v) is 26.2. The van der Waals surface area contributed by atoms with Crippen LogP contribution in [-0.2, 0) is 19.2 Å². The van der Waals surface area contributed by atoms with E-state index in [2.05, 4.69) is 15.9 Å². The number of likely N-dealkylation sites (tertiary alicyclic amines) is 1. The van der Waals surface area contributed by atoms with Crippen LogP contribution in [0.25, 0.3) is 0 Å². The highest BCUT2D eigenvalue weighted by Gasteiger charge is 2.77. The Balaban J connectivity index is 1.63. The van der Waals surface area contributed by atoms with Crippen molar-refractivity contribution in [1.29, 1.82) is 0 Å². The number of carbonyl (C=O) groups excluding carboxylic acids is 4. The molecule has 2 aliphatic heterocycles. The van der Waals surface area contributed by atoms with Crippen molar-refractivity contribution < 1.29 is 51.0 Å². The molecule has 0 radical (unpaired) electrons. The molecular formula is C29H20BrCl2F5N2O6. The fourth-order valence-corrected chi connectivity index (χ4v) is 8.63. The van der Waals surface area contributed by atoms with Gasteiger partial charge in [0.1, 0.15) is 5.69 Å². The smallest absolute Gasteiger partial charge is 0.258 e. The van der Waals surface area contributed by atoms with Gasteiger partial charge in [-0.1, -0.05) is 11.6 Å². The van der Waals surface area contributed by atoms with Crippen molar-refractivity contribution in [3.8, 4) is 11.5 Å². The van der Waals surface area contributed by atoms with Gasteiger partial charge in [0.2, 0.25) is 17.6 Å². The summed E-state index contributed by atoms with van der Waals surface area (Å²) in [5, 5.41) is 10.5. The minimum Gasteiger partial charge on any atom is -0.503 e. The highest BCUT2D eigenvalue weighted by molar-refractivity contribution is 9.10. The van der Waals surface area contributed by atoms with Crippen LogP contribution in [0.3, 0.4) is 0 Å². The summed E-state index contributed by atoms with van der Waals surface area (Å²) < 4.78 is 78.0. The van der Waals surface area contributed by atoms with Gasteiger partial charge in [-0.3, -0.25) is 24.1 Å². The number of methoxy groups -OCH3 is 1. The number of phenols is 1. The first-order valence-electron chi connectivity index (χ1n) is 13.5. The summed E-state index contributed by atoms with van der Waals surface area (Å²) in [4.78, 5) is 50.5. The van der Waals surface area contributed by atoms with Gasteiger partial charge in [-0.05, 0) is 59.3 Å². The monoisotopic (exact) mass is 736 g/mol. The van der Waals surface area contributed by atoms with Crippen molar-refractivity contribution in [2.45, 2.75) is 35.4 Å². The zero-order chi connectivity index (χ0) is 33.1. The van der Waals surface area contributed by atoms with Gasteiger partial charge >= 0.3 is 0 Å². The van der Waals surface area contributed by atoms with E-state index in [4.69, 9.17) is 27.9 Å². The lowest BCUT2D eigenvalue weighted by molar-refractivity contribution is -0.140. The van der Waals surface area contributed by atoms with Crippen molar-refractivity contribution in [2.24, 2.45) is 17.8 Å². The van der Waals surface area contributed by atoms with E-state index < -0.39 is 98.2 Å². The predicted molar refractivity (Wildman–Crippen MR) is 151 cm³/mol. The lowest BCUT2D eigenvalue weighted by atomic mass is 9.56. The maximum atomic E-state index is 15.1. The molecule has 0 spiro atoms. The van der Waals surface area contributed by atoms with E-state index in [0.717, 1.165) is 4.90 Å². The van der Waals surface area contributed by atoms with E-state index in [1.165, 1.54) is 19.2 Å². The summed E-state index contributed by atoms with van der Waals surface area (Å²) in [5.41, 5.74) is -1.50. The molecule has 1 saturated carbocycles. The number of anilines is 1. The molecule has 8 nitrogen and oxygen atoms in total. The quantitative estimate of drug-likeness (QED) is 0.112. The van der Waals surface area contributed by atoms with Crippen LogP contribution in [0.15, 0.2) is 28.3 Å². The van der Waals surface area contributed by atoms with Crippen molar-refractivity contribution in [1.82, 2.24) is 4.90 Å². The molecule has 0 aromatic heterocycles. The van der Waals surface area contributed by atoms with Gasteiger partial charge < -0.3 is 9.84 Å². The number of benzene rings is 2. The molecule has 3 fully saturated rings. The van der Waals surface area contributed by atoms with Gasteiger partial charge in [0.15, 0.2) is 44.5 Å². The molecule has 238 valence electrons. The average molecular weight is 738 g/mol. The first kappa shape index (κ1) is 31.7. The maximum absolute atomic E-state index is 15.1. The highest BCUT2D eigenvalue weighted by atomic mass is 79.9. The van der Waals surface area contributed by atoms with Crippen LogP contribution < -0.4 is 9.64 Å². The average Bonchev–Trinajstić information content (AvgIpc) is 3.34. The largest absolute Gasteiger partial charge is 0.503 e. The number of imide groups is 2. The van der Waals surface area contributed by atoms with E-state index in [1.807, 2.05) is 0 Å². The van der Waals surface area contributed by atoms with Crippen molar-refractivity contribution in [2.75, 3.05) is 18.6 Å². The number of fused-ring (bicyclic) bond motifs is 4. The van der Waals surface area contributed by atoms with Crippen LogP contribution in [0, 0.1) is 46.8 Å². The molecular weight excluding hydrogens is 718 g/mol. The van der Waals surface area contributed by atoms with Crippen molar-refractivity contribution in [3.05, 3.63) is 62.9 Å². The lowest BCUT2D eigenvalue weighted by Crippen LogP contribution is -2.60. The molecule has 1 N–H and O–H groups in total. The zero-order valence-electron chi connectivity index (χ0n) is 23.1. The van der Waals surface area contributed by atoms with Gasteiger partial charge in [-0.15, -0.1) is 23.2 Å². The Hall–Kier alpha value is -3.23. The van der Waals surface area contributed by atoms with Crippen LogP contribution in [0.1, 0.15) is 31.2 Å². The number of ether oxygens (including phenoxy) is 1. The molecule has 2 aromatic rings. The number of carbonyl (C=O) groups is 4. The molecule has 45 heavy (non-hydrogen) atoms. The molecule has 6 atom stereocenters. The Labute approximate surface area is 269 Å². The Kier molecular flexibility index (Phi) is 7.33. The number of amides is 4. The minimum absolute atomic E-state index is 0.0240. The van der Waals surface area contributed by atoms with Crippen LogP contribution >= 0.6 is 39.1 Å². The number of halogens is 8. The highest BCUT2D eigenvalue weighted by Crippen LogP contribution is 2.66. The number of hydrogen-bond acceptors (Lipinski definition) is 6. The SMILES string of the molecule is CCN1C(=O)C2CC=C3C(CC4(Cl)C(=O)N(c5c(F)c(F)c(F)c(F)c5F)C(=O)C4(Cl)C3c3cc(Br)c(O)c(OC)c3)C2C1=O. The molecule has 2 saturated heterocycles. The third-order valence-electron chi connectivity index (χ3n) is 9.23. The van der Waals surface area contributed by atoms with E-state index in [0.29, 0.717) is 0 Å². The normalized spacial score (nSPS) is 30.8. The number of alkyl halides is 2. The summed E-state index contributed by atoms with van der Waals surface area (Å²) in [6.07, 6.45) is 0.995. The molecule has 6 rings (SSSR count).